The Kier molecular flexibility index (Phi) is 4.76. The van der Waals surface area contributed by atoms with E-state index in [1.54, 1.807) is 47.4 Å². The first-order valence-electron chi connectivity index (χ1n) is 8.11. The van der Waals surface area contributed by atoms with Gasteiger partial charge in [-0.1, -0.05) is 25.1 Å². The first-order valence-corrected chi connectivity index (χ1v) is 9.77. The molecule has 3 rings (SSSR count). The molecule has 1 aliphatic heterocycles. The summed E-state index contributed by atoms with van der Waals surface area (Å²) < 4.78 is 30.3. The first kappa shape index (κ1) is 16.8. The van der Waals surface area contributed by atoms with Crippen LogP contribution in [0.25, 0.3) is 0 Å². The van der Waals surface area contributed by atoms with Crippen LogP contribution in [0, 0.1) is 5.92 Å². The Bertz CT molecular complexity index is 811. The molecular formula is C18H21NO4S. The van der Waals surface area contributed by atoms with E-state index in [-0.39, 0.29) is 28.1 Å². The molecule has 24 heavy (non-hydrogen) atoms. The van der Waals surface area contributed by atoms with Crippen molar-refractivity contribution in [3.8, 4) is 0 Å². The van der Waals surface area contributed by atoms with Crippen LogP contribution in [0.5, 0.6) is 0 Å². The third kappa shape index (κ3) is 3.70. The minimum absolute atomic E-state index is 0.162. The summed E-state index contributed by atoms with van der Waals surface area (Å²) >= 11 is 0. The van der Waals surface area contributed by atoms with E-state index in [9.17, 15) is 13.2 Å². The average Bonchev–Trinajstić information content (AvgIpc) is 3.03. The molecule has 6 heteroatoms. The second kappa shape index (κ2) is 6.81. The van der Waals surface area contributed by atoms with E-state index in [4.69, 9.17) is 4.42 Å². The Morgan fingerprint density at radius 3 is 2.67 bits per heavy atom. The number of carbonyl (C=O) groups is 1. The summed E-state index contributed by atoms with van der Waals surface area (Å²) in [6.45, 7) is 3.57. The van der Waals surface area contributed by atoms with Crippen molar-refractivity contribution in [2.45, 2.75) is 30.4 Å². The predicted molar refractivity (Wildman–Crippen MR) is 90.3 cm³/mol. The highest BCUT2D eigenvalue weighted by molar-refractivity contribution is 7.90. The number of benzene rings is 1. The lowest BCUT2D eigenvalue weighted by atomic mass is 10.0. The third-order valence-corrected chi connectivity index (χ3v) is 5.91. The zero-order chi connectivity index (χ0) is 17.2. The number of nitrogens with zero attached hydrogens (tertiary/aromatic N) is 1. The fraction of sp³-hybridized carbons (Fsp3) is 0.389. The lowest BCUT2D eigenvalue weighted by Crippen LogP contribution is -2.38. The highest BCUT2D eigenvalue weighted by atomic mass is 32.2. The third-order valence-electron chi connectivity index (χ3n) is 4.25. The van der Waals surface area contributed by atoms with Gasteiger partial charge in [-0.05, 0) is 43.0 Å². The van der Waals surface area contributed by atoms with Gasteiger partial charge in [-0.25, -0.2) is 8.42 Å². The molecule has 2 heterocycles. The van der Waals surface area contributed by atoms with Gasteiger partial charge in [-0.15, -0.1) is 0 Å². The van der Waals surface area contributed by atoms with Gasteiger partial charge in [0, 0.05) is 13.1 Å². The van der Waals surface area contributed by atoms with Crippen molar-refractivity contribution >= 4 is 15.7 Å². The van der Waals surface area contributed by atoms with Crippen molar-refractivity contribution in [3.63, 3.8) is 0 Å². The minimum Gasteiger partial charge on any atom is -0.455 e. The number of sulfone groups is 1. The van der Waals surface area contributed by atoms with E-state index < -0.39 is 9.84 Å². The van der Waals surface area contributed by atoms with Crippen LogP contribution in [0.4, 0.5) is 0 Å². The fourth-order valence-corrected chi connectivity index (χ4v) is 4.27. The van der Waals surface area contributed by atoms with Gasteiger partial charge in [-0.2, -0.15) is 0 Å². The highest BCUT2D eigenvalue weighted by Crippen LogP contribution is 2.21. The molecule has 0 radical (unpaired) electrons. The number of furan rings is 1. The van der Waals surface area contributed by atoms with E-state index in [2.05, 4.69) is 6.92 Å². The van der Waals surface area contributed by atoms with Crippen LogP contribution in [0.2, 0.25) is 0 Å². The van der Waals surface area contributed by atoms with Crippen molar-refractivity contribution in [3.05, 3.63) is 54.0 Å². The molecule has 5 nitrogen and oxygen atoms in total. The maximum absolute atomic E-state index is 12.5. The van der Waals surface area contributed by atoms with Crippen LogP contribution in [0.15, 0.2) is 51.8 Å². The summed E-state index contributed by atoms with van der Waals surface area (Å²) in [6.07, 6.45) is 2.12. The number of likely N-dealkylation sites (tertiary alicyclic amines) is 1. The molecule has 0 unspecified atom stereocenters. The highest BCUT2D eigenvalue weighted by Gasteiger charge is 2.25. The fourth-order valence-electron chi connectivity index (χ4n) is 3.00. The summed E-state index contributed by atoms with van der Waals surface area (Å²) in [4.78, 5) is 14.5. The van der Waals surface area contributed by atoms with E-state index in [1.165, 1.54) is 0 Å². The summed E-state index contributed by atoms with van der Waals surface area (Å²) in [6, 6.07) is 11.4. The lowest BCUT2D eigenvalue weighted by Gasteiger charge is -2.30. The molecule has 0 saturated carbocycles. The molecule has 1 fully saturated rings. The Labute approximate surface area is 142 Å². The molecular weight excluding hydrogens is 326 g/mol. The van der Waals surface area contributed by atoms with Crippen molar-refractivity contribution in [2.24, 2.45) is 5.92 Å². The molecule has 1 amide bonds. The number of rotatable bonds is 4. The van der Waals surface area contributed by atoms with Crippen LogP contribution >= 0.6 is 0 Å². The van der Waals surface area contributed by atoms with Gasteiger partial charge in [0.1, 0.15) is 11.5 Å². The standard InChI is InChI=1S/C18H21NO4S/c1-14-6-5-11-19(12-14)18(20)17-10-9-15(23-17)13-24(21,22)16-7-3-2-4-8-16/h2-4,7-10,14H,5-6,11-13H2,1H3/t14-/m0/s1. The normalized spacial score (nSPS) is 18.5. The van der Waals surface area contributed by atoms with Gasteiger partial charge < -0.3 is 9.32 Å². The molecule has 0 aliphatic carbocycles. The maximum Gasteiger partial charge on any atom is 0.289 e. The maximum atomic E-state index is 12.5. The number of carbonyl (C=O) groups excluding carboxylic acids is 1. The molecule has 2 aromatic rings. The van der Waals surface area contributed by atoms with Crippen LogP contribution in [0.3, 0.4) is 0 Å². The number of hydrogen-bond donors (Lipinski definition) is 0. The number of amides is 1. The number of hydrogen-bond acceptors (Lipinski definition) is 4. The second-order valence-electron chi connectivity index (χ2n) is 6.34. The Balaban J connectivity index is 1.73. The van der Waals surface area contributed by atoms with E-state index in [0.717, 1.165) is 25.9 Å². The molecule has 0 spiro atoms. The molecule has 1 aliphatic rings. The summed E-state index contributed by atoms with van der Waals surface area (Å²) in [5, 5.41) is 0. The summed E-state index contributed by atoms with van der Waals surface area (Å²) in [7, 11) is -3.48. The van der Waals surface area contributed by atoms with Crippen molar-refractivity contribution in [1.29, 1.82) is 0 Å². The first-order chi connectivity index (χ1) is 11.5. The molecule has 1 aromatic carbocycles. The monoisotopic (exact) mass is 347 g/mol. The van der Waals surface area contributed by atoms with E-state index >= 15 is 0 Å². The Morgan fingerprint density at radius 1 is 1.21 bits per heavy atom. The van der Waals surface area contributed by atoms with Gasteiger partial charge in [-0.3, -0.25) is 4.79 Å². The minimum atomic E-state index is -3.48. The predicted octanol–water partition coefficient (Wildman–Crippen LogP) is 3.13. The average molecular weight is 347 g/mol. The van der Waals surface area contributed by atoms with Crippen molar-refractivity contribution in [2.75, 3.05) is 13.1 Å². The summed E-state index contributed by atoms with van der Waals surface area (Å²) in [5.74, 6) is 0.566. The Morgan fingerprint density at radius 2 is 1.96 bits per heavy atom. The summed E-state index contributed by atoms with van der Waals surface area (Å²) in [5.41, 5.74) is 0. The van der Waals surface area contributed by atoms with Gasteiger partial charge in [0.05, 0.1) is 4.90 Å². The molecule has 0 bridgehead atoms. The van der Waals surface area contributed by atoms with Crippen LogP contribution < -0.4 is 0 Å². The quantitative estimate of drug-likeness (QED) is 0.852. The molecule has 1 atom stereocenters. The lowest BCUT2D eigenvalue weighted by molar-refractivity contribution is 0.0649. The van der Waals surface area contributed by atoms with Crippen molar-refractivity contribution < 1.29 is 17.6 Å². The van der Waals surface area contributed by atoms with E-state index in [0.29, 0.717) is 5.92 Å². The largest absolute Gasteiger partial charge is 0.455 e. The second-order valence-corrected chi connectivity index (χ2v) is 8.33. The van der Waals surface area contributed by atoms with Crippen molar-refractivity contribution in [1.82, 2.24) is 4.90 Å². The SMILES string of the molecule is C[C@H]1CCCN(C(=O)c2ccc(CS(=O)(=O)c3ccccc3)o2)C1. The van der Waals surface area contributed by atoms with Gasteiger partial charge in [0.25, 0.3) is 5.91 Å². The molecule has 0 N–H and O–H groups in total. The number of piperidine rings is 1. The van der Waals surface area contributed by atoms with Crippen LogP contribution in [0.1, 0.15) is 36.1 Å². The molecule has 128 valence electrons. The zero-order valence-corrected chi connectivity index (χ0v) is 14.5. The van der Waals surface area contributed by atoms with Gasteiger partial charge in [0.15, 0.2) is 15.6 Å². The topological polar surface area (TPSA) is 67.6 Å². The molecule has 1 aromatic heterocycles. The van der Waals surface area contributed by atoms with E-state index in [1.807, 2.05) is 0 Å². The zero-order valence-electron chi connectivity index (χ0n) is 13.6. The van der Waals surface area contributed by atoms with Crippen LogP contribution in [-0.4, -0.2) is 32.3 Å². The smallest absolute Gasteiger partial charge is 0.289 e. The van der Waals surface area contributed by atoms with Gasteiger partial charge in [0.2, 0.25) is 0 Å². The Hall–Kier alpha value is -2.08. The van der Waals surface area contributed by atoms with Gasteiger partial charge >= 0.3 is 0 Å². The molecule has 1 saturated heterocycles. The van der Waals surface area contributed by atoms with Crippen LogP contribution in [-0.2, 0) is 15.6 Å².